The lowest BCUT2D eigenvalue weighted by atomic mass is 9.99. The molecule has 4 aromatic heterocycles. The van der Waals surface area contributed by atoms with Crippen molar-refractivity contribution >= 4 is 127 Å². The molecule has 0 saturated heterocycles. The second-order valence-corrected chi connectivity index (χ2v) is 17.1. The van der Waals surface area contributed by atoms with Crippen LogP contribution >= 0.6 is 0 Å². The predicted octanol–water partition coefficient (Wildman–Crippen LogP) is 16.5. The third-order valence-electron chi connectivity index (χ3n) is 13.5. The van der Waals surface area contributed by atoms with Gasteiger partial charge in [-0.2, -0.15) is 10.5 Å². The smallest absolute Gasteiger partial charge is 0.159 e. The molecule has 0 aliphatic rings. The zero-order chi connectivity index (χ0) is 44.3. The highest BCUT2D eigenvalue weighted by Crippen LogP contribution is 2.49. The third-order valence-corrected chi connectivity index (χ3v) is 13.5. The number of furan rings is 2. The molecule has 0 unspecified atom stereocenters. The van der Waals surface area contributed by atoms with E-state index in [2.05, 4.69) is 142 Å². The van der Waals surface area contributed by atoms with Crippen molar-refractivity contribution in [3.8, 4) is 12.1 Å². The van der Waals surface area contributed by atoms with Crippen molar-refractivity contribution in [3.05, 3.63) is 211 Å². The SMILES string of the molecule is N#Cc1ccc(N(c2ccc3cc4c5ccc(N(c6ccc(C#N)cc6)c6cccc7c6oc6ccccc67)cc5n5c6ccccc6c(c3c2)c45)c2cccc3c2oc2ccccc23)cc1. The lowest BCUT2D eigenvalue weighted by molar-refractivity contribution is 0.668. The van der Waals surface area contributed by atoms with Crippen molar-refractivity contribution in [1.29, 1.82) is 10.5 Å². The molecule has 0 fully saturated rings. The fraction of sp³-hybridized carbons (Fsp3) is 0. The standard InChI is InChI=1S/C60H33N5O2/c61-34-36-19-24-39(25-20-36)63(52-15-7-12-46-44-9-2-5-17-55(44)66-59(46)52)41-28-23-38-31-50-43-30-29-42(33-54(43)65-51-14-4-1-11-48(51)57(58(50)65)49(38)32-41)64(40-26-21-37(35-62)22-27-40)53-16-8-13-47-45-10-3-6-18-56(45)67-60(47)53/h1-33H. The first-order chi connectivity index (χ1) is 33.1. The van der Waals surface area contributed by atoms with Gasteiger partial charge in [0.05, 0.1) is 51.2 Å². The molecule has 7 heteroatoms. The van der Waals surface area contributed by atoms with Gasteiger partial charge in [0.1, 0.15) is 11.2 Å². The second-order valence-electron chi connectivity index (χ2n) is 17.1. The number of fused-ring (bicyclic) bond motifs is 14. The summed E-state index contributed by atoms with van der Waals surface area (Å²) in [6.07, 6.45) is 0. The predicted molar refractivity (Wildman–Crippen MR) is 272 cm³/mol. The molecule has 0 saturated carbocycles. The highest BCUT2D eigenvalue weighted by molar-refractivity contribution is 6.32. The van der Waals surface area contributed by atoms with E-state index in [9.17, 15) is 10.5 Å². The molecule has 4 heterocycles. The molecule has 0 radical (unpaired) electrons. The first kappa shape index (κ1) is 36.9. The van der Waals surface area contributed by atoms with Gasteiger partial charge in [0, 0.05) is 65.8 Å². The van der Waals surface area contributed by atoms with Gasteiger partial charge in [0.2, 0.25) is 0 Å². The molecule has 14 aromatic rings. The normalized spacial score (nSPS) is 11.9. The van der Waals surface area contributed by atoms with E-state index in [1.807, 2.05) is 84.9 Å². The Morgan fingerprint density at radius 2 is 0.881 bits per heavy atom. The Morgan fingerprint density at radius 1 is 0.373 bits per heavy atom. The number of rotatable bonds is 6. The van der Waals surface area contributed by atoms with Crippen LogP contribution in [0.5, 0.6) is 0 Å². The molecule has 0 bridgehead atoms. The molecule has 0 N–H and O–H groups in total. The van der Waals surface area contributed by atoms with E-state index in [0.29, 0.717) is 11.1 Å². The molecule has 0 aliphatic carbocycles. The van der Waals surface area contributed by atoms with Gasteiger partial charge in [-0.3, -0.25) is 0 Å². The van der Waals surface area contributed by atoms with E-state index in [0.717, 1.165) is 116 Å². The van der Waals surface area contributed by atoms with Gasteiger partial charge in [-0.05, 0) is 120 Å². The number of aromatic nitrogens is 1. The minimum absolute atomic E-state index is 0.595. The Hall–Kier alpha value is -9.56. The Kier molecular flexibility index (Phi) is 7.69. The number of benzene rings is 10. The van der Waals surface area contributed by atoms with Crippen LogP contribution in [0.3, 0.4) is 0 Å². The van der Waals surface area contributed by atoms with Crippen LogP contribution in [-0.4, -0.2) is 4.40 Å². The van der Waals surface area contributed by atoms with E-state index >= 15 is 0 Å². The zero-order valence-corrected chi connectivity index (χ0v) is 35.6. The van der Waals surface area contributed by atoms with E-state index in [1.54, 1.807) is 0 Å². The maximum Gasteiger partial charge on any atom is 0.159 e. The van der Waals surface area contributed by atoms with Gasteiger partial charge in [-0.1, -0.05) is 91.0 Å². The highest BCUT2D eigenvalue weighted by Gasteiger charge is 2.25. The van der Waals surface area contributed by atoms with Gasteiger partial charge in [0.15, 0.2) is 11.2 Å². The first-order valence-corrected chi connectivity index (χ1v) is 22.2. The minimum Gasteiger partial charge on any atom is -0.454 e. The summed E-state index contributed by atoms with van der Waals surface area (Å²) >= 11 is 0. The Morgan fingerprint density at radius 3 is 1.48 bits per heavy atom. The van der Waals surface area contributed by atoms with Crippen molar-refractivity contribution < 1.29 is 8.83 Å². The number of hydrogen-bond acceptors (Lipinski definition) is 6. The maximum atomic E-state index is 9.75. The fourth-order valence-electron chi connectivity index (χ4n) is 10.6. The fourth-order valence-corrected chi connectivity index (χ4v) is 10.6. The summed E-state index contributed by atoms with van der Waals surface area (Å²) in [4.78, 5) is 4.48. The van der Waals surface area contributed by atoms with E-state index in [4.69, 9.17) is 8.83 Å². The Balaban J connectivity index is 1.02. The molecule has 7 nitrogen and oxygen atoms in total. The molecule has 0 aliphatic heterocycles. The van der Waals surface area contributed by atoms with Crippen LogP contribution in [-0.2, 0) is 0 Å². The van der Waals surface area contributed by atoms with Crippen LogP contribution in [0.25, 0.3) is 92.7 Å². The molecule has 310 valence electrons. The van der Waals surface area contributed by atoms with Crippen LogP contribution < -0.4 is 9.80 Å². The molecule has 0 spiro atoms. The van der Waals surface area contributed by atoms with Gasteiger partial charge in [-0.15, -0.1) is 0 Å². The molecule has 0 amide bonds. The monoisotopic (exact) mass is 855 g/mol. The molecule has 0 atom stereocenters. The van der Waals surface area contributed by atoms with E-state index in [1.165, 1.54) is 10.8 Å². The zero-order valence-electron chi connectivity index (χ0n) is 35.6. The van der Waals surface area contributed by atoms with Crippen molar-refractivity contribution in [2.75, 3.05) is 9.80 Å². The maximum absolute atomic E-state index is 9.75. The number of para-hydroxylation sites is 5. The van der Waals surface area contributed by atoms with Crippen LogP contribution in [0.1, 0.15) is 11.1 Å². The average Bonchev–Trinajstić information content (AvgIpc) is 4.14. The van der Waals surface area contributed by atoms with Crippen molar-refractivity contribution in [1.82, 2.24) is 4.40 Å². The lowest BCUT2D eigenvalue weighted by Gasteiger charge is -2.26. The van der Waals surface area contributed by atoms with Crippen LogP contribution in [0.4, 0.5) is 34.1 Å². The molecule has 67 heavy (non-hydrogen) atoms. The van der Waals surface area contributed by atoms with Crippen molar-refractivity contribution in [2.45, 2.75) is 0 Å². The lowest BCUT2D eigenvalue weighted by Crippen LogP contribution is -2.10. The van der Waals surface area contributed by atoms with Crippen molar-refractivity contribution in [2.24, 2.45) is 0 Å². The minimum atomic E-state index is 0.595. The Labute approximate surface area is 382 Å². The number of anilines is 6. The van der Waals surface area contributed by atoms with Crippen LogP contribution in [0, 0.1) is 22.7 Å². The summed E-state index contributed by atoms with van der Waals surface area (Å²) < 4.78 is 15.7. The number of nitrogens with zero attached hydrogens (tertiary/aromatic N) is 5. The van der Waals surface area contributed by atoms with Gasteiger partial charge in [-0.25, -0.2) is 0 Å². The quantitative estimate of drug-likeness (QED) is 0.166. The summed E-state index contributed by atoms with van der Waals surface area (Å²) in [6, 6.07) is 73.5. The summed E-state index contributed by atoms with van der Waals surface area (Å²) in [5, 5.41) is 30.6. The molecule has 10 aromatic carbocycles. The molecule has 14 rings (SSSR count). The first-order valence-electron chi connectivity index (χ1n) is 22.2. The summed E-state index contributed by atoms with van der Waals surface area (Å²) in [5.74, 6) is 0. The number of nitriles is 2. The molecular formula is C60H33N5O2. The average molecular weight is 856 g/mol. The largest absolute Gasteiger partial charge is 0.454 e. The van der Waals surface area contributed by atoms with Crippen molar-refractivity contribution in [3.63, 3.8) is 0 Å². The van der Waals surface area contributed by atoms with Gasteiger partial charge in [0.25, 0.3) is 0 Å². The molecular weight excluding hydrogens is 823 g/mol. The summed E-state index contributed by atoms with van der Waals surface area (Å²) in [5.41, 5.74) is 13.4. The van der Waals surface area contributed by atoms with Gasteiger partial charge >= 0.3 is 0 Å². The number of hydrogen-bond donors (Lipinski definition) is 0. The topological polar surface area (TPSA) is 84.8 Å². The highest BCUT2D eigenvalue weighted by atomic mass is 16.3. The van der Waals surface area contributed by atoms with Crippen LogP contribution in [0.2, 0.25) is 0 Å². The summed E-state index contributed by atoms with van der Waals surface area (Å²) in [6.45, 7) is 0. The Bertz CT molecular complexity index is 4230. The summed E-state index contributed by atoms with van der Waals surface area (Å²) in [7, 11) is 0. The third kappa shape index (κ3) is 5.31. The van der Waals surface area contributed by atoms with E-state index < -0.39 is 0 Å². The van der Waals surface area contributed by atoms with Gasteiger partial charge < -0.3 is 23.0 Å². The van der Waals surface area contributed by atoms with Crippen LogP contribution in [0.15, 0.2) is 209 Å². The second kappa shape index (κ2) is 14.0. The van der Waals surface area contributed by atoms with E-state index in [-0.39, 0.29) is 0 Å².